The fourth-order valence-corrected chi connectivity index (χ4v) is 1.13. The van der Waals surface area contributed by atoms with E-state index in [4.69, 9.17) is 5.11 Å². The first kappa shape index (κ1) is 8.89. The molecule has 64 valence electrons. The molecular weight excluding hydrogens is 180 g/mol. The Morgan fingerprint density at radius 3 is 2.67 bits per heavy atom. The van der Waals surface area contributed by atoms with Crippen molar-refractivity contribution in [1.29, 1.82) is 0 Å². The van der Waals surface area contributed by atoms with Gasteiger partial charge in [0.1, 0.15) is 5.75 Å². The first-order valence-electron chi connectivity index (χ1n) is 3.02. The second-order valence-corrected chi connectivity index (χ2v) is 3.01. The van der Waals surface area contributed by atoms with E-state index >= 15 is 0 Å². The van der Waals surface area contributed by atoms with Gasteiger partial charge >= 0.3 is 0 Å². The minimum atomic E-state index is -2.37. The van der Waals surface area contributed by atoms with Gasteiger partial charge in [0, 0.05) is 4.90 Å². The molecule has 1 aromatic carbocycles. The Hall–Kier alpha value is -1.20. The number of rotatable bonds is 2. The molecule has 4 nitrogen and oxygen atoms in total. The third-order valence-electron chi connectivity index (χ3n) is 1.32. The molecule has 0 aromatic heterocycles. The number of phenolic OH excluding ortho intramolecular Hbond substituents is 1. The zero-order valence-corrected chi connectivity index (χ0v) is 6.71. The van der Waals surface area contributed by atoms with Crippen LogP contribution in [0.3, 0.4) is 0 Å². The van der Waals surface area contributed by atoms with Crippen molar-refractivity contribution >= 4 is 17.4 Å². The van der Waals surface area contributed by atoms with E-state index in [1.54, 1.807) is 0 Å². The Labute approximate surface area is 71.1 Å². The van der Waals surface area contributed by atoms with Gasteiger partial charge in [0.05, 0.1) is 5.56 Å². The molecule has 0 aliphatic rings. The van der Waals surface area contributed by atoms with E-state index in [1.165, 1.54) is 6.07 Å². The van der Waals surface area contributed by atoms with Gasteiger partial charge in [-0.3, -0.25) is 9.00 Å². The molecule has 0 aliphatic carbocycles. The zero-order chi connectivity index (χ0) is 9.14. The molecule has 0 aliphatic heterocycles. The van der Waals surface area contributed by atoms with Crippen molar-refractivity contribution in [3.05, 3.63) is 23.8 Å². The molecule has 0 bridgehead atoms. The number of carbonyl (C=O) groups excluding carboxylic acids is 1. The molecule has 12 heavy (non-hydrogen) atoms. The lowest BCUT2D eigenvalue weighted by molar-refractivity contribution is 0.112. The Kier molecular flexibility index (Phi) is 2.57. The Bertz CT molecular complexity index is 334. The summed E-state index contributed by atoms with van der Waals surface area (Å²) in [5, 5.41) is 8.98. The van der Waals surface area contributed by atoms with Crippen molar-refractivity contribution < 1.29 is 18.7 Å². The van der Waals surface area contributed by atoms with Crippen molar-refractivity contribution in [3.63, 3.8) is 0 Å². The minimum absolute atomic E-state index is 0.0186. The highest BCUT2D eigenvalue weighted by Gasteiger charge is 2.00. The average molecular weight is 185 g/mol. The van der Waals surface area contributed by atoms with Crippen LogP contribution in [0.1, 0.15) is 10.4 Å². The topological polar surface area (TPSA) is 77.4 Å². The van der Waals surface area contributed by atoms with Crippen LogP contribution in [0.4, 0.5) is 0 Å². The quantitative estimate of drug-likeness (QED) is 0.535. The summed E-state index contributed by atoms with van der Waals surface area (Å²) >= 11 is -2.37. The van der Waals surface area contributed by atoms with Gasteiger partial charge in [0.25, 0.3) is 0 Å². The molecule has 1 rings (SSSR count). The monoisotopic (exact) mass is 185 g/mol. The van der Waals surface area contributed by atoms with Gasteiger partial charge in [-0.2, -0.15) is 0 Å². The summed E-state index contributed by atoms with van der Waals surface area (Å²) in [6, 6.07) is 3.48. The van der Waals surface area contributed by atoms with Crippen LogP contribution in [0.2, 0.25) is 0 Å². The van der Waals surface area contributed by atoms with Gasteiger partial charge < -0.3 is 9.66 Å². The number of benzene rings is 1. The molecule has 1 atom stereocenters. The van der Waals surface area contributed by atoms with Crippen LogP contribution in [0.5, 0.6) is 5.75 Å². The van der Waals surface area contributed by atoms with Crippen molar-refractivity contribution in [1.82, 2.24) is 0 Å². The van der Waals surface area contributed by atoms with Gasteiger partial charge in [-0.25, -0.2) is 0 Å². The van der Waals surface area contributed by atoms with Crippen LogP contribution >= 0.6 is 0 Å². The van der Waals surface area contributed by atoms with Crippen LogP contribution in [0.15, 0.2) is 23.1 Å². The van der Waals surface area contributed by atoms with E-state index in [0.29, 0.717) is 6.29 Å². The van der Waals surface area contributed by atoms with Crippen LogP contribution in [0.25, 0.3) is 0 Å². The van der Waals surface area contributed by atoms with E-state index < -0.39 is 11.1 Å². The van der Waals surface area contributed by atoms with Gasteiger partial charge in [-0.15, -0.1) is 0 Å². The minimum Gasteiger partial charge on any atom is -0.768 e. The molecule has 0 saturated carbocycles. The molecular formula is C7H5O4S-. The standard InChI is InChI=1S/C7H6O4S/c8-4-5-3-6(12(10)11)1-2-7(5)9/h1-4,9H,(H,10,11)/p-1. The van der Waals surface area contributed by atoms with Crippen molar-refractivity contribution in [2.24, 2.45) is 0 Å². The predicted molar refractivity (Wildman–Crippen MR) is 40.7 cm³/mol. The second-order valence-electron chi connectivity index (χ2n) is 2.07. The first-order chi connectivity index (χ1) is 5.65. The van der Waals surface area contributed by atoms with Crippen molar-refractivity contribution in [3.8, 4) is 5.75 Å². The molecule has 5 heteroatoms. The summed E-state index contributed by atoms with van der Waals surface area (Å²) in [6.07, 6.45) is 0.395. The van der Waals surface area contributed by atoms with Crippen LogP contribution in [-0.4, -0.2) is 20.2 Å². The Morgan fingerprint density at radius 2 is 2.17 bits per heavy atom. The van der Waals surface area contributed by atoms with E-state index in [0.717, 1.165) is 12.1 Å². The van der Waals surface area contributed by atoms with Gasteiger partial charge in [0.15, 0.2) is 6.29 Å². The molecule has 1 unspecified atom stereocenters. The van der Waals surface area contributed by atoms with Crippen molar-refractivity contribution in [2.45, 2.75) is 4.90 Å². The van der Waals surface area contributed by atoms with E-state index in [2.05, 4.69) is 0 Å². The van der Waals surface area contributed by atoms with Crippen molar-refractivity contribution in [2.75, 3.05) is 0 Å². The zero-order valence-electron chi connectivity index (χ0n) is 5.89. The fourth-order valence-electron chi connectivity index (χ4n) is 0.731. The number of hydrogen-bond acceptors (Lipinski definition) is 4. The van der Waals surface area contributed by atoms with Crippen LogP contribution in [-0.2, 0) is 11.1 Å². The first-order valence-corrected chi connectivity index (χ1v) is 4.10. The van der Waals surface area contributed by atoms with Crippen LogP contribution in [0, 0.1) is 0 Å². The normalized spacial score (nSPS) is 12.4. The lowest BCUT2D eigenvalue weighted by Crippen LogP contribution is -1.90. The SMILES string of the molecule is O=Cc1cc(S(=O)[O-])ccc1O. The molecule has 0 amide bonds. The van der Waals surface area contributed by atoms with E-state index in [-0.39, 0.29) is 16.2 Å². The number of aromatic hydroxyl groups is 1. The summed E-state index contributed by atoms with van der Waals surface area (Å²) in [4.78, 5) is 10.2. The predicted octanol–water partition coefficient (Wildman–Crippen LogP) is 0.443. The molecule has 0 heterocycles. The smallest absolute Gasteiger partial charge is 0.153 e. The fraction of sp³-hybridized carbons (Fsp3) is 0. The van der Waals surface area contributed by atoms with Gasteiger partial charge in [-0.1, -0.05) is 0 Å². The summed E-state index contributed by atoms with van der Waals surface area (Å²) in [5.74, 6) is -0.223. The number of hydrogen-bond donors (Lipinski definition) is 1. The molecule has 0 saturated heterocycles. The molecule has 0 spiro atoms. The third kappa shape index (κ3) is 1.69. The van der Waals surface area contributed by atoms with Crippen LogP contribution < -0.4 is 0 Å². The summed E-state index contributed by atoms with van der Waals surface area (Å²) in [6.45, 7) is 0. The summed E-state index contributed by atoms with van der Waals surface area (Å²) in [7, 11) is 0. The highest BCUT2D eigenvalue weighted by molar-refractivity contribution is 7.79. The Morgan fingerprint density at radius 1 is 1.50 bits per heavy atom. The maximum atomic E-state index is 10.4. The van der Waals surface area contributed by atoms with E-state index in [9.17, 15) is 13.6 Å². The third-order valence-corrected chi connectivity index (χ3v) is 1.96. The summed E-state index contributed by atoms with van der Waals surface area (Å²) < 4.78 is 20.8. The van der Waals surface area contributed by atoms with Gasteiger partial charge in [0.2, 0.25) is 0 Å². The highest BCUT2D eigenvalue weighted by Crippen LogP contribution is 2.17. The molecule has 1 N–H and O–H groups in total. The largest absolute Gasteiger partial charge is 0.768 e. The molecule has 1 aromatic rings. The average Bonchev–Trinajstić information content (AvgIpc) is 2.05. The molecule has 0 fully saturated rings. The number of aldehydes is 1. The Balaban J connectivity index is 3.22. The number of phenols is 1. The second kappa shape index (κ2) is 3.46. The number of carbonyl (C=O) groups is 1. The lowest BCUT2D eigenvalue weighted by atomic mass is 10.2. The maximum absolute atomic E-state index is 10.4. The van der Waals surface area contributed by atoms with Gasteiger partial charge in [-0.05, 0) is 29.3 Å². The maximum Gasteiger partial charge on any atom is 0.153 e. The lowest BCUT2D eigenvalue weighted by Gasteiger charge is -2.05. The van der Waals surface area contributed by atoms with E-state index in [1.807, 2.05) is 0 Å². The molecule has 0 radical (unpaired) electrons. The summed E-state index contributed by atoms with van der Waals surface area (Å²) in [5.41, 5.74) is -0.0308. The highest BCUT2D eigenvalue weighted by atomic mass is 32.2.